The Morgan fingerprint density at radius 1 is 1.00 bits per heavy atom. The average molecular weight is 369 g/mol. The maximum atomic E-state index is 12.5. The Hall–Kier alpha value is -3.02. The lowest BCUT2D eigenvalue weighted by molar-refractivity contribution is 0.0500. The van der Waals surface area contributed by atoms with Crippen molar-refractivity contribution in [1.82, 2.24) is 4.98 Å². The van der Waals surface area contributed by atoms with Crippen LogP contribution in [0.15, 0.2) is 30.3 Å². The van der Waals surface area contributed by atoms with Gasteiger partial charge < -0.3 is 19.2 Å². The zero-order valence-electron chi connectivity index (χ0n) is 15.8. The molecule has 0 unspecified atom stereocenters. The summed E-state index contributed by atoms with van der Waals surface area (Å²) in [7, 11) is 1.59. The Bertz CT molecular complexity index is 989. The molecule has 0 amide bonds. The fourth-order valence-electron chi connectivity index (χ4n) is 2.99. The Balaban J connectivity index is 2.17. The maximum absolute atomic E-state index is 12.5. The molecule has 3 aromatic rings. The number of aromatic amines is 1. The van der Waals surface area contributed by atoms with Crippen molar-refractivity contribution in [3.05, 3.63) is 41.5 Å². The Morgan fingerprint density at radius 3 is 2.52 bits per heavy atom. The van der Waals surface area contributed by atoms with Crippen molar-refractivity contribution in [3.63, 3.8) is 0 Å². The number of aromatic nitrogens is 1. The molecule has 6 nitrogen and oxygen atoms in total. The molecule has 3 rings (SSSR count). The largest absolute Gasteiger partial charge is 0.497 e. The molecule has 0 spiro atoms. The molecule has 1 N–H and O–H groups in total. The number of ether oxygens (including phenoxy) is 3. The molecule has 142 valence electrons. The third-order valence-electron chi connectivity index (χ3n) is 4.38. The normalized spacial score (nSPS) is 10.9. The zero-order valence-corrected chi connectivity index (χ0v) is 15.8. The number of esters is 2. The lowest BCUT2D eigenvalue weighted by atomic mass is 10.0. The average Bonchev–Trinajstić information content (AvgIpc) is 3.05. The summed E-state index contributed by atoms with van der Waals surface area (Å²) in [5, 5.41) is 1.61. The number of carbonyl (C=O) groups is 2. The number of unbranched alkanes of at least 4 members (excludes halogenated alkanes) is 1. The Kier molecular flexibility index (Phi) is 5.64. The van der Waals surface area contributed by atoms with Gasteiger partial charge in [-0.3, -0.25) is 0 Å². The van der Waals surface area contributed by atoms with Crippen LogP contribution in [-0.4, -0.2) is 37.2 Å². The smallest absolute Gasteiger partial charge is 0.340 e. The first-order valence-corrected chi connectivity index (χ1v) is 9.06. The highest BCUT2D eigenvalue weighted by atomic mass is 16.5. The molecule has 2 aromatic carbocycles. The zero-order chi connectivity index (χ0) is 19.4. The van der Waals surface area contributed by atoms with Crippen LogP contribution in [0.1, 0.15) is 47.4 Å². The molecule has 0 saturated carbocycles. The van der Waals surface area contributed by atoms with Gasteiger partial charge in [0.15, 0.2) is 0 Å². The van der Waals surface area contributed by atoms with E-state index in [0.717, 1.165) is 29.1 Å². The molecular formula is C21H23NO5. The van der Waals surface area contributed by atoms with Gasteiger partial charge in [0.2, 0.25) is 0 Å². The van der Waals surface area contributed by atoms with E-state index in [2.05, 4.69) is 4.98 Å². The van der Waals surface area contributed by atoms with Gasteiger partial charge in [-0.25, -0.2) is 9.59 Å². The highest BCUT2D eigenvalue weighted by molar-refractivity contribution is 6.16. The fourth-order valence-corrected chi connectivity index (χ4v) is 2.99. The van der Waals surface area contributed by atoms with Gasteiger partial charge in [-0.1, -0.05) is 13.3 Å². The first-order chi connectivity index (χ1) is 13.1. The number of fused-ring (bicyclic) bond motifs is 3. The van der Waals surface area contributed by atoms with E-state index in [1.165, 1.54) is 6.07 Å². The van der Waals surface area contributed by atoms with Gasteiger partial charge in [0.05, 0.1) is 37.0 Å². The first-order valence-electron chi connectivity index (χ1n) is 9.06. The SMILES string of the molecule is CCCCOC(=O)c1cc(C(=O)OCC)c2[nH]c3ccc(OC)cc3c2c1. The summed E-state index contributed by atoms with van der Waals surface area (Å²) in [5.74, 6) is -0.241. The van der Waals surface area contributed by atoms with Crippen molar-refractivity contribution < 1.29 is 23.8 Å². The van der Waals surface area contributed by atoms with Crippen molar-refractivity contribution in [3.8, 4) is 5.75 Å². The van der Waals surface area contributed by atoms with Crippen LogP contribution in [0.25, 0.3) is 21.8 Å². The van der Waals surface area contributed by atoms with E-state index >= 15 is 0 Å². The van der Waals surface area contributed by atoms with Crippen LogP contribution in [0.4, 0.5) is 0 Å². The molecule has 0 saturated heterocycles. The predicted molar refractivity (Wildman–Crippen MR) is 104 cm³/mol. The molecule has 1 aromatic heterocycles. The number of hydrogen-bond acceptors (Lipinski definition) is 5. The number of benzene rings is 2. The second-order valence-corrected chi connectivity index (χ2v) is 6.19. The minimum atomic E-state index is -0.482. The molecule has 1 heterocycles. The standard InChI is InChI=1S/C21H23NO5/c1-4-6-9-27-20(23)13-10-16-15-12-14(25-3)7-8-18(15)22-19(16)17(11-13)21(24)26-5-2/h7-8,10-12,22H,4-6,9H2,1-3H3. The highest BCUT2D eigenvalue weighted by Gasteiger charge is 2.20. The van der Waals surface area contributed by atoms with E-state index in [-0.39, 0.29) is 6.61 Å². The molecule has 27 heavy (non-hydrogen) atoms. The maximum Gasteiger partial charge on any atom is 0.340 e. The van der Waals surface area contributed by atoms with Crippen LogP contribution < -0.4 is 4.74 Å². The van der Waals surface area contributed by atoms with Gasteiger partial charge in [0.1, 0.15) is 5.75 Å². The van der Waals surface area contributed by atoms with Crippen molar-refractivity contribution in [2.24, 2.45) is 0 Å². The first kappa shape index (κ1) is 18.8. The van der Waals surface area contributed by atoms with Crippen LogP contribution in [-0.2, 0) is 9.47 Å². The number of rotatable bonds is 7. The monoisotopic (exact) mass is 369 g/mol. The Labute approximate surface area is 157 Å². The lowest BCUT2D eigenvalue weighted by Gasteiger charge is -2.08. The third kappa shape index (κ3) is 3.74. The van der Waals surface area contributed by atoms with E-state index in [0.29, 0.717) is 29.0 Å². The minimum absolute atomic E-state index is 0.250. The van der Waals surface area contributed by atoms with E-state index < -0.39 is 11.9 Å². The van der Waals surface area contributed by atoms with Crippen LogP contribution in [0.5, 0.6) is 5.75 Å². The number of hydrogen-bond donors (Lipinski definition) is 1. The molecule has 6 heteroatoms. The Morgan fingerprint density at radius 2 is 1.81 bits per heavy atom. The molecule has 0 aliphatic carbocycles. The van der Waals surface area contributed by atoms with Crippen LogP contribution >= 0.6 is 0 Å². The second-order valence-electron chi connectivity index (χ2n) is 6.19. The predicted octanol–water partition coefficient (Wildman–Crippen LogP) is 4.46. The van der Waals surface area contributed by atoms with Crippen molar-refractivity contribution in [1.29, 1.82) is 0 Å². The lowest BCUT2D eigenvalue weighted by Crippen LogP contribution is -2.10. The van der Waals surface area contributed by atoms with Gasteiger partial charge in [0.25, 0.3) is 0 Å². The summed E-state index contributed by atoms with van der Waals surface area (Å²) >= 11 is 0. The van der Waals surface area contributed by atoms with Crippen LogP contribution in [0.2, 0.25) is 0 Å². The van der Waals surface area contributed by atoms with Gasteiger partial charge in [-0.05, 0) is 43.7 Å². The molecule has 0 atom stereocenters. The van der Waals surface area contributed by atoms with E-state index in [1.807, 2.05) is 25.1 Å². The van der Waals surface area contributed by atoms with E-state index in [9.17, 15) is 9.59 Å². The molecular weight excluding hydrogens is 346 g/mol. The van der Waals surface area contributed by atoms with Crippen molar-refractivity contribution >= 4 is 33.7 Å². The minimum Gasteiger partial charge on any atom is -0.497 e. The van der Waals surface area contributed by atoms with Gasteiger partial charge in [-0.2, -0.15) is 0 Å². The highest BCUT2D eigenvalue weighted by Crippen LogP contribution is 2.32. The summed E-state index contributed by atoms with van der Waals surface area (Å²) in [6.45, 7) is 4.37. The summed E-state index contributed by atoms with van der Waals surface area (Å²) in [4.78, 5) is 28.2. The van der Waals surface area contributed by atoms with Crippen LogP contribution in [0.3, 0.4) is 0 Å². The summed E-state index contributed by atoms with van der Waals surface area (Å²) in [5.41, 5.74) is 2.10. The summed E-state index contributed by atoms with van der Waals surface area (Å²) in [6.07, 6.45) is 1.73. The van der Waals surface area contributed by atoms with E-state index in [1.54, 1.807) is 20.1 Å². The third-order valence-corrected chi connectivity index (χ3v) is 4.38. The van der Waals surface area contributed by atoms with Crippen molar-refractivity contribution in [2.45, 2.75) is 26.7 Å². The molecule has 0 aliphatic heterocycles. The van der Waals surface area contributed by atoms with Gasteiger partial charge >= 0.3 is 11.9 Å². The summed E-state index contributed by atoms with van der Waals surface area (Å²) in [6, 6.07) is 8.85. The number of methoxy groups -OCH3 is 1. The van der Waals surface area contributed by atoms with Gasteiger partial charge in [0, 0.05) is 16.3 Å². The van der Waals surface area contributed by atoms with Crippen molar-refractivity contribution in [2.75, 3.05) is 20.3 Å². The quantitative estimate of drug-likeness (QED) is 0.491. The topological polar surface area (TPSA) is 77.6 Å². The number of carbonyl (C=O) groups excluding carboxylic acids is 2. The molecule has 0 aliphatic rings. The summed E-state index contributed by atoms with van der Waals surface area (Å²) < 4.78 is 15.8. The molecule has 0 bridgehead atoms. The van der Waals surface area contributed by atoms with Crippen LogP contribution in [0, 0.1) is 0 Å². The number of H-pyrrole nitrogens is 1. The van der Waals surface area contributed by atoms with E-state index in [4.69, 9.17) is 14.2 Å². The molecule has 0 fully saturated rings. The second kappa shape index (κ2) is 8.12. The van der Waals surface area contributed by atoms with Gasteiger partial charge in [-0.15, -0.1) is 0 Å². The fraction of sp³-hybridized carbons (Fsp3) is 0.333. The number of nitrogens with one attached hydrogen (secondary N) is 1. The molecule has 0 radical (unpaired) electrons.